The van der Waals surface area contributed by atoms with Crippen molar-refractivity contribution in [2.45, 2.75) is 11.8 Å². The quantitative estimate of drug-likeness (QED) is 0.641. The average molecular weight is 464 g/mol. The van der Waals surface area contributed by atoms with Crippen LogP contribution in [0.1, 0.15) is 11.1 Å². The standard InChI is InChI=1S/C21H16Cl2FN3O2S/c1-30-20-21(19(26)28,5-2-6-27-20)10-13-3-4-16(23)18(17(13)24)29-15-8-12(11-25)7-14(22)9-15/h2-9,20H,10H2,1H3,(H2,26,28). The molecule has 1 amide bonds. The second kappa shape index (κ2) is 9.09. The highest BCUT2D eigenvalue weighted by atomic mass is 35.5. The molecule has 0 bridgehead atoms. The van der Waals surface area contributed by atoms with Crippen molar-refractivity contribution >= 4 is 47.1 Å². The number of allylic oxidation sites excluding steroid dienone is 1. The van der Waals surface area contributed by atoms with Crippen molar-refractivity contribution in [2.75, 3.05) is 6.26 Å². The number of nitriles is 1. The highest BCUT2D eigenvalue weighted by Gasteiger charge is 2.44. The van der Waals surface area contributed by atoms with Crippen molar-refractivity contribution < 1.29 is 13.9 Å². The Morgan fingerprint density at radius 2 is 2.17 bits per heavy atom. The van der Waals surface area contributed by atoms with E-state index in [1.165, 1.54) is 42.1 Å². The lowest BCUT2D eigenvalue weighted by molar-refractivity contribution is -0.125. The molecule has 2 unspecified atom stereocenters. The molecule has 1 aliphatic heterocycles. The Hall–Kier alpha value is -2.53. The molecule has 0 aromatic heterocycles. The first-order valence-corrected chi connectivity index (χ1v) is 10.7. The number of primary amides is 1. The number of carbonyl (C=O) groups is 1. The molecule has 2 aromatic carbocycles. The number of amides is 1. The smallest absolute Gasteiger partial charge is 0.230 e. The predicted octanol–water partition coefficient (Wildman–Crippen LogP) is 5.14. The zero-order valence-electron chi connectivity index (χ0n) is 15.7. The lowest BCUT2D eigenvalue weighted by Crippen LogP contribution is -2.46. The van der Waals surface area contributed by atoms with Gasteiger partial charge in [0, 0.05) is 11.2 Å². The van der Waals surface area contributed by atoms with Crippen LogP contribution in [-0.2, 0) is 11.2 Å². The molecule has 2 N–H and O–H groups in total. The number of nitrogens with zero attached hydrogens (tertiary/aromatic N) is 2. The van der Waals surface area contributed by atoms with Gasteiger partial charge in [-0.2, -0.15) is 5.26 Å². The van der Waals surface area contributed by atoms with E-state index in [4.69, 9.17) is 38.9 Å². The van der Waals surface area contributed by atoms with Gasteiger partial charge in [-0.3, -0.25) is 9.79 Å². The van der Waals surface area contributed by atoms with Crippen molar-refractivity contribution in [2.24, 2.45) is 16.1 Å². The van der Waals surface area contributed by atoms with E-state index in [1.54, 1.807) is 24.6 Å². The molecule has 5 nitrogen and oxygen atoms in total. The van der Waals surface area contributed by atoms with Crippen LogP contribution in [-0.4, -0.2) is 23.8 Å². The normalized spacial score (nSPS) is 20.0. The van der Waals surface area contributed by atoms with Gasteiger partial charge >= 0.3 is 0 Å². The highest BCUT2D eigenvalue weighted by molar-refractivity contribution is 7.99. The molecule has 30 heavy (non-hydrogen) atoms. The van der Waals surface area contributed by atoms with E-state index >= 15 is 4.39 Å². The molecule has 0 radical (unpaired) electrons. The van der Waals surface area contributed by atoms with Crippen LogP contribution in [0.2, 0.25) is 10.0 Å². The maximum Gasteiger partial charge on any atom is 0.230 e. The Morgan fingerprint density at radius 3 is 2.83 bits per heavy atom. The van der Waals surface area contributed by atoms with Crippen molar-refractivity contribution in [3.8, 4) is 17.6 Å². The maximum absolute atomic E-state index is 15.4. The second-order valence-corrected chi connectivity index (χ2v) is 8.33. The van der Waals surface area contributed by atoms with Crippen LogP contribution in [0.4, 0.5) is 4.39 Å². The summed E-state index contributed by atoms with van der Waals surface area (Å²) in [5.41, 5.74) is 4.95. The average Bonchev–Trinajstić information content (AvgIpc) is 2.72. The minimum atomic E-state index is -1.20. The zero-order chi connectivity index (χ0) is 21.9. The third kappa shape index (κ3) is 4.31. The van der Waals surface area contributed by atoms with Gasteiger partial charge in [-0.15, -0.1) is 11.8 Å². The number of rotatable bonds is 6. The topological polar surface area (TPSA) is 88.5 Å². The van der Waals surface area contributed by atoms with Crippen molar-refractivity contribution in [1.82, 2.24) is 0 Å². The second-order valence-electron chi connectivity index (χ2n) is 6.57. The van der Waals surface area contributed by atoms with Gasteiger partial charge in [0.05, 0.1) is 16.7 Å². The molecule has 9 heteroatoms. The van der Waals surface area contributed by atoms with Crippen LogP contribution in [0.3, 0.4) is 0 Å². The number of halogens is 3. The summed E-state index contributed by atoms with van der Waals surface area (Å²) in [4.78, 5) is 16.7. The summed E-state index contributed by atoms with van der Waals surface area (Å²) in [6, 6.07) is 9.23. The number of hydrogen-bond acceptors (Lipinski definition) is 5. The van der Waals surface area contributed by atoms with Crippen LogP contribution in [0, 0.1) is 22.6 Å². The van der Waals surface area contributed by atoms with Gasteiger partial charge in [0.2, 0.25) is 5.91 Å². The van der Waals surface area contributed by atoms with E-state index < -0.39 is 22.5 Å². The van der Waals surface area contributed by atoms with Crippen LogP contribution in [0.5, 0.6) is 11.5 Å². The molecular formula is C21H16Cl2FN3O2S. The van der Waals surface area contributed by atoms with Gasteiger partial charge in [0.15, 0.2) is 11.6 Å². The molecule has 0 saturated heterocycles. The summed E-state index contributed by atoms with van der Waals surface area (Å²) in [6.07, 6.45) is 6.63. The van der Waals surface area contributed by atoms with E-state index in [9.17, 15) is 4.79 Å². The molecule has 0 aliphatic carbocycles. The molecule has 0 saturated carbocycles. The largest absolute Gasteiger partial charge is 0.453 e. The molecule has 2 aromatic rings. The van der Waals surface area contributed by atoms with E-state index in [1.807, 2.05) is 6.07 Å². The highest BCUT2D eigenvalue weighted by Crippen LogP contribution is 2.41. The molecule has 154 valence electrons. The molecule has 0 spiro atoms. The van der Waals surface area contributed by atoms with Crippen molar-refractivity contribution in [3.63, 3.8) is 0 Å². The number of thioether (sulfide) groups is 1. The third-order valence-electron chi connectivity index (χ3n) is 4.66. The molecule has 1 aliphatic rings. The van der Waals surface area contributed by atoms with Gasteiger partial charge in [0.1, 0.15) is 16.5 Å². The summed E-state index contributed by atoms with van der Waals surface area (Å²) < 4.78 is 21.0. The third-order valence-corrected chi connectivity index (χ3v) is 6.16. The molecule has 0 fully saturated rings. The maximum atomic E-state index is 15.4. The summed E-state index contributed by atoms with van der Waals surface area (Å²) in [5, 5.41) is 8.88. The van der Waals surface area contributed by atoms with Crippen molar-refractivity contribution in [1.29, 1.82) is 5.26 Å². The Labute approximate surface area is 187 Å². The lowest BCUT2D eigenvalue weighted by atomic mass is 9.79. The van der Waals surface area contributed by atoms with E-state index in [0.717, 1.165) is 0 Å². The van der Waals surface area contributed by atoms with Gasteiger partial charge in [-0.1, -0.05) is 35.3 Å². The SMILES string of the molecule is CSC1N=CC=CC1(Cc1ccc(Cl)c(Oc2cc(Cl)cc(C#N)c2)c1F)C(N)=O. The minimum Gasteiger partial charge on any atom is -0.453 e. The summed E-state index contributed by atoms with van der Waals surface area (Å²) in [6.45, 7) is 0. The van der Waals surface area contributed by atoms with E-state index in [-0.39, 0.29) is 39.1 Å². The van der Waals surface area contributed by atoms with Gasteiger partial charge in [-0.25, -0.2) is 4.39 Å². The molecule has 3 rings (SSSR count). The summed E-state index contributed by atoms with van der Waals surface area (Å²) in [5.74, 6) is -1.42. The number of carbonyl (C=O) groups excluding carboxylic acids is 1. The molecule has 2 atom stereocenters. The van der Waals surface area contributed by atoms with Crippen LogP contribution < -0.4 is 10.5 Å². The number of dihydropyridines is 1. The van der Waals surface area contributed by atoms with E-state index in [0.29, 0.717) is 0 Å². The summed E-state index contributed by atoms with van der Waals surface area (Å²) >= 11 is 13.5. The fourth-order valence-electron chi connectivity index (χ4n) is 3.19. The fraction of sp³-hybridized carbons (Fsp3) is 0.190. The van der Waals surface area contributed by atoms with Crippen LogP contribution in [0.25, 0.3) is 0 Å². The van der Waals surface area contributed by atoms with Crippen LogP contribution in [0.15, 0.2) is 47.5 Å². The predicted molar refractivity (Wildman–Crippen MR) is 118 cm³/mol. The first kappa shape index (κ1) is 22.2. The van der Waals surface area contributed by atoms with Crippen LogP contribution >= 0.6 is 35.0 Å². The molecular weight excluding hydrogens is 448 g/mol. The first-order valence-electron chi connectivity index (χ1n) is 8.70. The van der Waals surface area contributed by atoms with Gasteiger partial charge in [0.25, 0.3) is 0 Å². The van der Waals surface area contributed by atoms with Crippen molar-refractivity contribution in [3.05, 3.63) is 69.5 Å². The monoisotopic (exact) mass is 463 g/mol. The number of aliphatic imine (C=N–C) groups is 1. The summed E-state index contributed by atoms with van der Waals surface area (Å²) in [7, 11) is 0. The Morgan fingerprint density at radius 1 is 1.40 bits per heavy atom. The number of benzene rings is 2. The Bertz CT molecular complexity index is 1100. The minimum absolute atomic E-state index is 0.0277. The number of ether oxygens (including phenoxy) is 1. The lowest BCUT2D eigenvalue weighted by Gasteiger charge is -2.34. The van der Waals surface area contributed by atoms with Gasteiger partial charge < -0.3 is 10.5 Å². The van der Waals surface area contributed by atoms with Gasteiger partial charge in [-0.05, 0) is 48.6 Å². The Balaban J connectivity index is 2.02. The number of nitrogens with two attached hydrogens (primary N) is 1. The van der Waals surface area contributed by atoms with E-state index in [2.05, 4.69) is 4.99 Å². The zero-order valence-corrected chi connectivity index (χ0v) is 18.1. The first-order chi connectivity index (χ1) is 14.3. The Kier molecular flexibility index (Phi) is 6.71. The fourth-order valence-corrected chi connectivity index (χ4v) is 4.49. The number of hydrogen-bond donors (Lipinski definition) is 1. The molecule has 1 heterocycles.